The van der Waals surface area contributed by atoms with Gasteiger partial charge in [-0.25, -0.2) is 9.78 Å². The SMILES string of the molecule is CCOCCOC(=O)c1ccnc2n[nH]nc12. The monoisotopic (exact) mass is 236 g/mol. The minimum atomic E-state index is -0.453. The maximum absolute atomic E-state index is 11.7. The van der Waals surface area contributed by atoms with Gasteiger partial charge in [0.25, 0.3) is 0 Å². The van der Waals surface area contributed by atoms with E-state index in [4.69, 9.17) is 9.47 Å². The van der Waals surface area contributed by atoms with Gasteiger partial charge in [-0.2, -0.15) is 10.3 Å². The van der Waals surface area contributed by atoms with Crippen LogP contribution in [0.15, 0.2) is 12.3 Å². The molecule has 2 rings (SSSR count). The van der Waals surface area contributed by atoms with Crippen LogP contribution in [0.25, 0.3) is 11.2 Å². The third-order valence-electron chi connectivity index (χ3n) is 2.11. The summed E-state index contributed by atoms with van der Waals surface area (Å²) < 4.78 is 10.1. The Morgan fingerprint density at radius 2 is 2.29 bits per heavy atom. The Kier molecular flexibility index (Phi) is 3.61. The first-order chi connectivity index (χ1) is 8.33. The predicted octanol–water partition coefficient (Wildman–Crippen LogP) is 0.546. The molecule has 2 aromatic heterocycles. The number of rotatable bonds is 5. The fraction of sp³-hybridized carbons (Fsp3) is 0.400. The van der Waals surface area contributed by atoms with Crippen molar-refractivity contribution >= 4 is 17.1 Å². The minimum Gasteiger partial charge on any atom is -0.460 e. The molecule has 0 radical (unpaired) electrons. The number of aromatic nitrogens is 4. The highest BCUT2D eigenvalue weighted by molar-refractivity contribution is 6.00. The number of fused-ring (bicyclic) bond motifs is 1. The summed E-state index contributed by atoms with van der Waals surface area (Å²) in [6, 6.07) is 1.55. The average molecular weight is 236 g/mol. The summed E-state index contributed by atoms with van der Waals surface area (Å²) in [6.07, 6.45) is 1.49. The standard InChI is InChI=1S/C10H12N4O3/c1-2-16-5-6-17-10(15)7-3-4-11-9-8(7)12-14-13-9/h3-4H,2,5-6H2,1H3,(H,11,12,13,14). The van der Waals surface area contributed by atoms with Crippen LogP contribution in [0.5, 0.6) is 0 Å². The van der Waals surface area contributed by atoms with E-state index >= 15 is 0 Å². The van der Waals surface area contributed by atoms with Crippen LogP contribution in [0.1, 0.15) is 17.3 Å². The van der Waals surface area contributed by atoms with Crippen molar-refractivity contribution in [2.24, 2.45) is 0 Å². The predicted molar refractivity (Wildman–Crippen MR) is 58.5 cm³/mol. The van der Waals surface area contributed by atoms with Crippen molar-refractivity contribution in [1.29, 1.82) is 0 Å². The molecular formula is C10H12N4O3. The first kappa shape index (κ1) is 11.5. The molecule has 0 saturated heterocycles. The van der Waals surface area contributed by atoms with Crippen molar-refractivity contribution in [3.8, 4) is 0 Å². The quantitative estimate of drug-likeness (QED) is 0.602. The Morgan fingerprint density at radius 1 is 1.41 bits per heavy atom. The van der Waals surface area contributed by atoms with Crippen LogP contribution in [0.2, 0.25) is 0 Å². The number of esters is 1. The molecule has 0 spiro atoms. The molecule has 2 aromatic rings. The molecule has 2 heterocycles. The lowest BCUT2D eigenvalue weighted by Crippen LogP contribution is -2.11. The zero-order valence-corrected chi connectivity index (χ0v) is 9.34. The third-order valence-corrected chi connectivity index (χ3v) is 2.11. The number of H-pyrrole nitrogens is 1. The lowest BCUT2D eigenvalue weighted by molar-refractivity contribution is 0.0337. The zero-order valence-electron chi connectivity index (χ0n) is 9.34. The smallest absolute Gasteiger partial charge is 0.340 e. The van der Waals surface area contributed by atoms with E-state index in [2.05, 4.69) is 20.4 Å². The number of pyridine rings is 1. The number of hydrogen-bond acceptors (Lipinski definition) is 6. The Balaban J connectivity index is 2.06. The zero-order chi connectivity index (χ0) is 12.1. The van der Waals surface area contributed by atoms with Crippen molar-refractivity contribution < 1.29 is 14.3 Å². The van der Waals surface area contributed by atoms with Crippen LogP contribution < -0.4 is 0 Å². The highest BCUT2D eigenvalue weighted by atomic mass is 16.6. The van der Waals surface area contributed by atoms with Crippen molar-refractivity contribution in [2.45, 2.75) is 6.92 Å². The topological polar surface area (TPSA) is 90.0 Å². The van der Waals surface area contributed by atoms with Crippen LogP contribution in [0, 0.1) is 0 Å². The fourth-order valence-electron chi connectivity index (χ4n) is 1.34. The van der Waals surface area contributed by atoms with Crippen LogP contribution in [0.4, 0.5) is 0 Å². The van der Waals surface area contributed by atoms with Gasteiger partial charge in [-0.1, -0.05) is 0 Å². The van der Waals surface area contributed by atoms with Gasteiger partial charge in [0, 0.05) is 12.8 Å². The summed E-state index contributed by atoms with van der Waals surface area (Å²) in [4.78, 5) is 15.7. The summed E-state index contributed by atoms with van der Waals surface area (Å²) in [5, 5.41) is 10.1. The van der Waals surface area contributed by atoms with Gasteiger partial charge in [0.05, 0.1) is 12.2 Å². The molecule has 0 aliphatic rings. The summed E-state index contributed by atoms with van der Waals surface area (Å²) in [5.74, 6) is -0.453. The molecule has 0 aromatic carbocycles. The van der Waals surface area contributed by atoms with Crippen molar-refractivity contribution in [2.75, 3.05) is 19.8 Å². The van der Waals surface area contributed by atoms with Crippen LogP contribution in [-0.4, -0.2) is 46.2 Å². The van der Waals surface area contributed by atoms with E-state index < -0.39 is 5.97 Å². The second-order valence-corrected chi connectivity index (χ2v) is 3.19. The molecular weight excluding hydrogens is 224 g/mol. The van der Waals surface area contributed by atoms with Gasteiger partial charge < -0.3 is 9.47 Å². The summed E-state index contributed by atoms with van der Waals surface area (Å²) in [5.41, 5.74) is 1.15. The number of carbonyl (C=O) groups is 1. The average Bonchev–Trinajstić information content (AvgIpc) is 2.82. The Bertz CT molecular complexity index is 511. The fourth-order valence-corrected chi connectivity index (χ4v) is 1.34. The highest BCUT2D eigenvalue weighted by Gasteiger charge is 2.14. The van der Waals surface area contributed by atoms with E-state index in [0.717, 1.165) is 0 Å². The van der Waals surface area contributed by atoms with Crippen molar-refractivity contribution in [3.05, 3.63) is 17.8 Å². The maximum atomic E-state index is 11.7. The van der Waals surface area contributed by atoms with Crippen molar-refractivity contribution in [3.63, 3.8) is 0 Å². The van der Waals surface area contributed by atoms with E-state index in [1.807, 2.05) is 6.92 Å². The molecule has 17 heavy (non-hydrogen) atoms. The van der Waals surface area contributed by atoms with E-state index in [1.54, 1.807) is 6.07 Å². The number of carbonyl (C=O) groups excluding carboxylic acids is 1. The molecule has 1 N–H and O–H groups in total. The molecule has 90 valence electrons. The molecule has 0 aliphatic carbocycles. The second-order valence-electron chi connectivity index (χ2n) is 3.19. The van der Waals surface area contributed by atoms with Crippen LogP contribution >= 0.6 is 0 Å². The second kappa shape index (κ2) is 5.35. The maximum Gasteiger partial charge on any atom is 0.340 e. The lowest BCUT2D eigenvalue weighted by Gasteiger charge is -2.04. The molecule has 0 atom stereocenters. The van der Waals surface area contributed by atoms with Gasteiger partial charge in [0.15, 0.2) is 0 Å². The van der Waals surface area contributed by atoms with Gasteiger partial charge in [0.1, 0.15) is 12.1 Å². The van der Waals surface area contributed by atoms with E-state index in [-0.39, 0.29) is 6.61 Å². The molecule has 0 aliphatic heterocycles. The lowest BCUT2D eigenvalue weighted by atomic mass is 10.2. The molecule has 0 bridgehead atoms. The first-order valence-corrected chi connectivity index (χ1v) is 5.23. The largest absolute Gasteiger partial charge is 0.460 e. The number of hydrogen-bond donors (Lipinski definition) is 1. The highest BCUT2D eigenvalue weighted by Crippen LogP contribution is 2.11. The third kappa shape index (κ3) is 2.56. The number of nitrogens with zero attached hydrogens (tertiary/aromatic N) is 3. The molecule has 0 unspecified atom stereocenters. The van der Waals surface area contributed by atoms with Gasteiger partial charge in [-0.3, -0.25) is 0 Å². The van der Waals surface area contributed by atoms with E-state index in [0.29, 0.717) is 29.9 Å². The minimum absolute atomic E-state index is 0.217. The normalized spacial score (nSPS) is 10.6. The number of ether oxygens (including phenoxy) is 2. The summed E-state index contributed by atoms with van der Waals surface area (Å²) in [7, 11) is 0. The molecule has 7 heteroatoms. The van der Waals surface area contributed by atoms with E-state index in [1.165, 1.54) is 6.20 Å². The first-order valence-electron chi connectivity index (χ1n) is 5.23. The van der Waals surface area contributed by atoms with Crippen molar-refractivity contribution in [1.82, 2.24) is 20.4 Å². The van der Waals surface area contributed by atoms with Gasteiger partial charge in [-0.05, 0) is 13.0 Å². The molecule has 7 nitrogen and oxygen atoms in total. The summed E-state index contributed by atoms with van der Waals surface area (Å²) >= 11 is 0. The number of nitrogens with one attached hydrogen (secondary N) is 1. The van der Waals surface area contributed by atoms with Gasteiger partial charge >= 0.3 is 5.97 Å². The summed E-state index contributed by atoms with van der Waals surface area (Å²) in [6.45, 7) is 3.08. The van der Waals surface area contributed by atoms with Crippen LogP contribution in [-0.2, 0) is 9.47 Å². The van der Waals surface area contributed by atoms with Crippen LogP contribution in [0.3, 0.4) is 0 Å². The van der Waals surface area contributed by atoms with Gasteiger partial charge in [0.2, 0.25) is 5.65 Å². The number of aromatic amines is 1. The molecule has 0 amide bonds. The van der Waals surface area contributed by atoms with Gasteiger partial charge in [-0.15, -0.1) is 5.10 Å². The van der Waals surface area contributed by atoms with E-state index in [9.17, 15) is 4.79 Å². The Labute approximate surface area is 97.1 Å². The molecule has 0 saturated carbocycles. The Hall–Kier alpha value is -2.02. The molecule has 0 fully saturated rings. The Morgan fingerprint density at radius 3 is 3.12 bits per heavy atom.